The summed E-state index contributed by atoms with van der Waals surface area (Å²) < 4.78 is 28.6. The van der Waals surface area contributed by atoms with Gasteiger partial charge in [0.1, 0.15) is 0 Å². The molecule has 0 bridgehead atoms. The van der Waals surface area contributed by atoms with Crippen molar-refractivity contribution in [1.82, 2.24) is 4.57 Å². The van der Waals surface area contributed by atoms with E-state index < -0.39 is 10.0 Å². The van der Waals surface area contributed by atoms with E-state index in [2.05, 4.69) is 0 Å². The number of aromatic nitrogens is 1. The van der Waals surface area contributed by atoms with Crippen LogP contribution in [-0.2, 0) is 10.0 Å². The summed E-state index contributed by atoms with van der Waals surface area (Å²) in [5.74, 6) is 0. The van der Waals surface area contributed by atoms with Gasteiger partial charge in [0, 0.05) is 25.1 Å². The topological polar surface area (TPSA) is 42.3 Å². The molecular weight excluding hydrogens is 308 g/mol. The first kappa shape index (κ1) is 15.4. The maximum Gasteiger partial charge on any atom is 0.264 e. The number of hydrogen-bond donors (Lipinski definition) is 0. The molecule has 0 aliphatic rings. The Hall–Kier alpha value is -2.53. The lowest BCUT2D eigenvalue weighted by atomic mass is 10.2. The van der Waals surface area contributed by atoms with E-state index in [9.17, 15) is 8.42 Å². The zero-order valence-electron chi connectivity index (χ0n) is 13.0. The van der Waals surface area contributed by atoms with Crippen LogP contribution in [0.4, 0.5) is 5.69 Å². The number of aryl methyl sites for hydroxylation is 1. The Morgan fingerprint density at radius 3 is 2.00 bits per heavy atom. The molecule has 23 heavy (non-hydrogen) atoms. The molecule has 5 heteroatoms. The van der Waals surface area contributed by atoms with Gasteiger partial charge in [-0.25, -0.2) is 8.42 Å². The van der Waals surface area contributed by atoms with Gasteiger partial charge in [-0.15, -0.1) is 0 Å². The fourth-order valence-electron chi connectivity index (χ4n) is 2.35. The van der Waals surface area contributed by atoms with E-state index in [1.807, 2.05) is 48.1 Å². The summed E-state index contributed by atoms with van der Waals surface area (Å²) in [6.45, 7) is 1.93. The maximum atomic E-state index is 12.7. The summed E-state index contributed by atoms with van der Waals surface area (Å²) in [4.78, 5) is 0.292. The van der Waals surface area contributed by atoms with Gasteiger partial charge in [0.2, 0.25) is 0 Å². The first-order valence-electron chi connectivity index (χ1n) is 7.27. The Bertz CT molecular complexity index is 881. The second-order valence-corrected chi connectivity index (χ2v) is 7.36. The van der Waals surface area contributed by atoms with Crippen molar-refractivity contribution < 1.29 is 8.42 Å². The highest BCUT2D eigenvalue weighted by Gasteiger charge is 2.20. The molecule has 0 N–H and O–H groups in total. The highest BCUT2D eigenvalue weighted by Crippen LogP contribution is 2.23. The van der Waals surface area contributed by atoms with Crippen molar-refractivity contribution in [3.8, 4) is 5.69 Å². The lowest BCUT2D eigenvalue weighted by Crippen LogP contribution is -2.26. The fraction of sp³-hybridized carbons (Fsp3) is 0.111. The van der Waals surface area contributed by atoms with Crippen molar-refractivity contribution in [2.45, 2.75) is 11.8 Å². The number of nitrogens with zero attached hydrogens (tertiary/aromatic N) is 2. The van der Waals surface area contributed by atoms with Gasteiger partial charge in [-0.1, -0.05) is 17.7 Å². The van der Waals surface area contributed by atoms with Gasteiger partial charge < -0.3 is 4.57 Å². The highest BCUT2D eigenvalue weighted by molar-refractivity contribution is 7.92. The van der Waals surface area contributed by atoms with Gasteiger partial charge in [-0.3, -0.25) is 4.31 Å². The molecule has 2 aromatic carbocycles. The Morgan fingerprint density at radius 1 is 0.870 bits per heavy atom. The van der Waals surface area contributed by atoms with Crippen LogP contribution in [0.5, 0.6) is 0 Å². The molecule has 1 heterocycles. The minimum Gasteiger partial charge on any atom is -0.324 e. The zero-order chi connectivity index (χ0) is 16.4. The molecule has 0 spiro atoms. The average Bonchev–Trinajstić information content (AvgIpc) is 3.09. The molecular formula is C18H18N2O2S. The summed E-state index contributed by atoms with van der Waals surface area (Å²) in [5.41, 5.74) is 2.64. The van der Waals surface area contributed by atoms with Crippen molar-refractivity contribution >= 4 is 15.7 Å². The molecule has 3 aromatic rings. The third-order valence-corrected chi connectivity index (χ3v) is 5.60. The van der Waals surface area contributed by atoms with Gasteiger partial charge >= 0.3 is 0 Å². The van der Waals surface area contributed by atoms with E-state index in [1.165, 1.54) is 4.31 Å². The molecule has 3 rings (SSSR count). The largest absolute Gasteiger partial charge is 0.324 e. The quantitative estimate of drug-likeness (QED) is 0.735. The molecule has 0 amide bonds. The SMILES string of the molecule is Cc1ccc(S(=O)(=O)N(C)c2ccc(-n3cccc3)cc2)cc1. The Labute approximate surface area is 136 Å². The van der Waals surface area contributed by atoms with Crippen molar-refractivity contribution in [1.29, 1.82) is 0 Å². The van der Waals surface area contributed by atoms with E-state index >= 15 is 0 Å². The number of anilines is 1. The Morgan fingerprint density at radius 2 is 1.43 bits per heavy atom. The lowest BCUT2D eigenvalue weighted by molar-refractivity contribution is 0.594. The molecule has 4 nitrogen and oxygen atoms in total. The number of hydrogen-bond acceptors (Lipinski definition) is 2. The summed E-state index contributed by atoms with van der Waals surface area (Å²) in [7, 11) is -1.98. The normalized spacial score (nSPS) is 11.4. The summed E-state index contributed by atoms with van der Waals surface area (Å²) in [6, 6.07) is 18.2. The van der Waals surface area contributed by atoms with Crippen molar-refractivity contribution in [3.63, 3.8) is 0 Å². The molecule has 0 fully saturated rings. The van der Waals surface area contributed by atoms with Crippen molar-refractivity contribution in [2.24, 2.45) is 0 Å². The van der Waals surface area contributed by atoms with Crippen LogP contribution in [0.1, 0.15) is 5.56 Å². The van der Waals surface area contributed by atoms with Gasteiger partial charge in [0.25, 0.3) is 10.0 Å². The van der Waals surface area contributed by atoms with Crippen LogP contribution in [0.25, 0.3) is 5.69 Å². The van der Waals surface area contributed by atoms with E-state index in [0.717, 1.165) is 11.3 Å². The van der Waals surface area contributed by atoms with Crippen LogP contribution in [0, 0.1) is 6.92 Å². The van der Waals surface area contributed by atoms with Gasteiger partial charge in [0.05, 0.1) is 10.6 Å². The van der Waals surface area contributed by atoms with E-state index in [1.54, 1.807) is 43.4 Å². The minimum absolute atomic E-state index is 0.292. The number of sulfonamides is 1. The molecule has 118 valence electrons. The van der Waals surface area contributed by atoms with Crippen molar-refractivity contribution in [3.05, 3.63) is 78.6 Å². The Balaban J connectivity index is 1.90. The van der Waals surface area contributed by atoms with Crippen LogP contribution in [0.3, 0.4) is 0 Å². The maximum absolute atomic E-state index is 12.7. The molecule has 0 aliphatic carbocycles. The average molecular weight is 326 g/mol. The number of benzene rings is 2. The van der Waals surface area contributed by atoms with Crippen LogP contribution in [-0.4, -0.2) is 20.0 Å². The van der Waals surface area contributed by atoms with E-state index in [4.69, 9.17) is 0 Å². The predicted molar refractivity (Wildman–Crippen MR) is 92.5 cm³/mol. The molecule has 0 saturated heterocycles. The zero-order valence-corrected chi connectivity index (χ0v) is 13.9. The first-order chi connectivity index (χ1) is 11.0. The number of rotatable bonds is 4. The van der Waals surface area contributed by atoms with Crippen LogP contribution in [0.15, 0.2) is 78.0 Å². The second kappa shape index (κ2) is 5.93. The summed E-state index contributed by atoms with van der Waals surface area (Å²) in [5, 5.41) is 0. The van der Waals surface area contributed by atoms with Crippen LogP contribution < -0.4 is 4.31 Å². The van der Waals surface area contributed by atoms with E-state index in [-0.39, 0.29) is 0 Å². The summed E-state index contributed by atoms with van der Waals surface area (Å²) in [6.07, 6.45) is 3.89. The highest BCUT2D eigenvalue weighted by atomic mass is 32.2. The minimum atomic E-state index is -3.55. The Kier molecular flexibility index (Phi) is 3.96. The predicted octanol–water partition coefficient (Wildman–Crippen LogP) is 3.61. The third-order valence-electron chi connectivity index (χ3n) is 3.80. The standard InChI is InChI=1S/C18H18N2O2S/c1-15-5-11-18(12-6-15)23(21,22)19(2)16-7-9-17(10-8-16)20-13-3-4-14-20/h3-14H,1-2H3. The van der Waals surface area contributed by atoms with Gasteiger partial charge in [0.15, 0.2) is 0 Å². The molecule has 0 aliphatic heterocycles. The smallest absolute Gasteiger partial charge is 0.264 e. The fourth-order valence-corrected chi connectivity index (χ4v) is 3.54. The monoisotopic (exact) mass is 326 g/mol. The molecule has 0 radical (unpaired) electrons. The van der Waals surface area contributed by atoms with E-state index in [0.29, 0.717) is 10.6 Å². The third kappa shape index (κ3) is 3.00. The molecule has 0 atom stereocenters. The molecule has 0 saturated carbocycles. The molecule has 1 aromatic heterocycles. The van der Waals surface area contributed by atoms with Crippen LogP contribution >= 0.6 is 0 Å². The summed E-state index contributed by atoms with van der Waals surface area (Å²) >= 11 is 0. The second-order valence-electron chi connectivity index (χ2n) is 5.39. The van der Waals surface area contributed by atoms with Crippen LogP contribution in [0.2, 0.25) is 0 Å². The molecule has 0 unspecified atom stereocenters. The van der Waals surface area contributed by atoms with Crippen molar-refractivity contribution in [2.75, 3.05) is 11.4 Å². The van der Waals surface area contributed by atoms with Gasteiger partial charge in [-0.05, 0) is 55.5 Å². The van der Waals surface area contributed by atoms with Gasteiger partial charge in [-0.2, -0.15) is 0 Å². The lowest BCUT2D eigenvalue weighted by Gasteiger charge is -2.20. The first-order valence-corrected chi connectivity index (χ1v) is 8.71.